The van der Waals surface area contributed by atoms with Crippen molar-refractivity contribution in [3.63, 3.8) is 0 Å². The quantitative estimate of drug-likeness (QED) is 0.939. The molecule has 0 unspecified atom stereocenters. The summed E-state index contributed by atoms with van der Waals surface area (Å²) in [7, 11) is 0. The summed E-state index contributed by atoms with van der Waals surface area (Å²) < 4.78 is 38.4. The lowest BCUT2D eigenvalue weighted by Crippen LogP contribution is -2.24. The van der Waals surface area contributed by atoms with E-state index < -0.39 is 17.6 Å². The average molecular weight is 315 g/mol. The monoisotopic (exact) mass is 314 g/mol. The molecule has 2 rings (SSSR count). The van der Waals surface area contributed by atoms with Gasteiger partial charge in [-0.1, -0.05) is 29.8 Å². The van der Waals surface area contributed by atoms with Gasteiger partial charge in [-0.25, -0.2) is 0 Å². The number of rotatable bonds is 3. The second kappa shape index (κ2) is 6.13. The average Bonchev–Trinajstić information content (AvgIpc) is 2.44. The number of pyridine rings is 1. The summed E-state index contributed by atoms with van der Waals surface area (Å²) in [5, 5.41) is 2.59. The Morgan fingerprint density at radius 2 is 1.95 bits per heavy atom. The number of carbonyl (C=O) groups is 1. The summed E-state index contributed by atoms with van der Waals surface area (Å²) in [4.78, 5) is 15.6. The summed E-state index contributed by atoms with van der Waals surface area (Å²) in [6.45, 7) is -0.250. The van der Waals surface area contributed by atoms with Gasteiger partial charge in [0.2, 0.25) is 0 Å². The van der Waals surface area contributed by atoms with Crippen LogP contribution < -0.4 is 5.32 Å². The zero-order valence-corrected chi connectivity index (χ0v) is 11.4. The summed E-state index contributed by atoms with van der Waals surface area (Å²) >= 11 is 5.82. The van der Waals surface area contributed by atoms with E-state index in [4.69, 9.17) is 11.6 Å². The normalized spacial score (nSPS) is 11.2. The van der Waals surface area contributed by atoms with E-state index in [1.54, 1.807) is 0 Å². The summed E-state index contributed by atoms with van der Waals surface area (Å²) in [6, 6.07) is 6.49. The van der Waals surface area contributed by atoms with Crippen molar-refractivity contribution in [2.45, 2.75) is 12.7 Å². The van der Waals surface area contributed by atoms with Crippen LogP contribution in [0, 0.1) is 0 Å². The molecule has 3 nitrogen and oxygen atoms in total. The molecule has 1 N–H and O–H groups in total. The lowest BCUT2D eigenvalue weighted by Gasteiger charge is -2.13. The lowest BCUT2D eigenvalue weighted by molar-refractivity contribution is -0.138. The fraction of sp³-hybridized carbons (Fsp3) is 0.143. The van der Waals surface area contributed by atoms with E-state index in [0.717, 1.165) is 6.07 Å². The molecule has 0 bridgehead atoms. The fourth-order valence-electron chi connectivity index (χ4n) is 1.77. The highest BCUT2D eigenvalue weighted by atomic mass is 35.5. The third kappa shape index (κ3) is 3.72. The van der Waals surface area contributed by atoms with Crippen LogP contribution in [-0.2, 0) is 12.7 Å². The highest BCUT2D eigenvalue weighted by Gasteiger charge is 2.32. The van der Waals surface area contributed by atoms with Crippen LogP contribution in [0.3, 0.4) is 0 Å². The second-order valence-electron chi connectivity index (χ2n) is 4.19. The van der Waals surface area contributed by atoms with Crippen LogP contribution in [0.15, 0.2) is 42.7 Å². The van der Waals surface area contributed by atoms with Crippen LogP contribution in [0.4, 0.5) is 13.2 Å². The molecule has 0 atom stereocenters. The molecule has 0 aliphatic carbocycles. The van der Waals surface area contributed by atoms with Crippen molar-refractivity contribution in [1.29, 1.82) is 0 Å². The largest absolute Gasteiger partial charge is 0.416 e. The Morgan fingerprint density at radius 1 is 1.24 bits per heavy atom. The van der Waals surface area contributed by atoms with Gasteiger partial charge in [0, 0.05) is 18.9 Å². The number of nitrogens with one attached hydrogen (secondary N) is 1. The summed E-state index contributed by atoms with van der Waals surface area (Å²) in [6.07, 6.45) is -1.79. The lowest BCUT2D eigenvalue weighted by atomic mass is 10.1. The van der Waals surface area contributed by atoms with Crippen LogP contribution in [0.1, 0.15) is 21.5 Å². The molecule has 0 saturated carbocycles. The zero-order chi connectivity index (χ0) is 15.5. The van der Waals surface area contributed by atoms with E-state index in [2.05, 4.69) is 10.3 Å². The molecule has 0 radical (unpaired) electrons. The number of nitrogens with zero attached hydrogens (tertiary/aromatic N) is 1. The molecule has 1 aromatic carbocycles. The first-order valence-corrected chi connectivity index (χ1v) is 6.30. The first kappa shape index (κ1) is 15.3. The van der Waals surface area contributed by atoms with Gasteiger partial charge in [-0.2, -0.15) is 13.2 Å². The van der Waals surface area contributed by atoms with Gasteiger partial charge in [0.15, 0.2) is 0 Å². The van der Waals surface area contributed by atoms with Gasteiger partial charge >= 0.3 is 6.18 Å². The Morgan fingerprint density at radius 3 is 2.62 bits per heavy atom. The maximum Gasteiger partial charge on any atom is 0.416 e. The van der Waals surface area contributed by atoms with Gasteiger partial charge in [-0.15, -0.1) is 0 Å². The number of halogens is 4. The van der Waals surface area contributed by atoms with Crippen molar-refractivity contribution in [1.82, 2.24) is 10.3 Å². The molecule has 0 aliphatic heterocycles. The van der Waals surface area contributed by atoms with E-state index in [-0.39, 0.29) is 22.7 Å². The van der Waals surface area contributed by atoms with E-state index in [9.17, 15) is 18.0 Å². The predicted octanol–water partition coefficient (Wildman–Crippen LogP) is 3.68. The number of alkyl halides is 3. The van der Waals surface area contributed by atoms with Crippen LogP contribution in [0.5, 0.6) is 0 Å². The Kier molecular flexibility index (Phi) is 4.47. The summed E-state index contributed by atoms with van der Waals surface area (Å²) in [5.41, 5.74) is -0.676. The van der Waals surface area contributed by atoms with Crippen LogP contribution in [0.25, 0.3) is 0 Å². The van der Waals surface area contributed by atoms with Gasteiger partial charge in [0.25, 0.3) is 5.91 Å². The minimum atomic E-state index is -4.47. The molecule has 110 valence electrons. The molecule has 0 aliphatic rings. The van der Waals surface area contributed by atoms with Crippen molar-refractivity contribution >= 4 is 17.5 Å². The van der Waals surface area contributed by atoms with Crippen molar-refractivity contribution in [2.75, 3.05) is 0 Å². The fourth-order valence-corrected chi connectivity index (χ4v) is 1.96. The summed E-state index contributed by atoms with van der Waals surface area (Å²) in [5.74, 6) is -0.579. The molecule has 1 heterocycles. The molecule has 1 amide bonds. The maximum atomic E-state index is 12.8. The second-order valence-corrected chi connectivity index (χ2v) is 4.60. The molecule has 0 spiro atoms. The number of hydrogen-bond donors (Lipinski definition) is 1. The van der Waals surface area contributed by atoms with Gasteiger partial charge in [-0.05, 0) is 17.7 Å². The van der Waals surface area contributed by atoms with E-state index in [1.165, 1.54) is 36.7 Å². The maximum absolute atomic E-state index is 12.8. The van der Waals surface area contributed by atoms with Gasteiger partial charge < -0.3 is 5.32 Å². The van der Waals surface area contributed by atoms with Gasteiger partial charge in [0.05, 0.1) is 16.1 Å². The molecule has 7 heteroatoms. The van der Waals surface area contributed by atoms with Crippen molar-refractivity contribution < 1.29 is 18.0 Å². The van der Waals surface area contributed by atoms with Crippen molar-refractivity contribution in [3.05, 3.63) is 64.4 Å². The third-order valence-electron chi connectivity index (χ3n) is 2.77. The Bertz CT molecular complexity index is 659. The van der Waals surface area contributed by atoms with Gasteiger partial charge in [0.1, 0.15) is 0 Å². The number of aromatic nitrogens is 1. The molecular formula is C14H10ClF3N2O. The van der Waals surface area contributed by atoms with Crippen LogP contribution in [-0.4, -0.2) is 10.9 Å². The van der Waals surface area contributed by atoms with Crippen molar-refractivity contribution in [2.24, 2.45) is 0 Å². The van der Waals surface area contributed by atoms with E-state index in [1.807, 2.05) is 0 Å². The van der Waals surface area contributed by atoms with Crippen molar-refractivity contribution in [3.8, 4) is 0 Å². The Hall–Kier alpha value is -2.08. The van der Waals surface area contributed by atoms with E-state index in [0.29, 0.717) is 0 Å². The number of benzene rings is 1. The SMILES string of the molecule is O=C(NCc1ccccc1C(F)(F)F)c1cnccc1Cl. The highest BCUT2D eigenvalue weighted by Crippen LogP contribution is 2.31. The number of carbonyl (C=O) groups excluding carboxylic acids is 1. The minimum absolute atomic E-state index is 0.0154. The third-order valence-corrected chi connectivity index (χ3v) is 3.10. The highest BCUT2D eigenvalue weighted by molar-refractivity contribution is 6.33. The Labute approximate surface area is 123 Å². The molecular weight excluding hydrogens is 305 g/mol. The number of hydrogen-bond acceptors (Lipinski definition) is 2. The van der Waals surface area contributed by atoms with Crippen LogP contribution in [0.2, 0.25) is 5.02 Å². The van der Waals surface area contributed by atoms with E-state index >= 15 is 0 Å². The molecule has 0 saturated heterocycles. The predicted molar refractivity (Wildman–Crippen MR) is 71.9 cm³/mol. The molecule has 21 heavy (non-hydrogen) atoms. The smallest absolute Gasteiger partial charge is 0.348 e. The Balaban J connectivity index is 2.14. The van der Waals surface area contributed by atoms with Gasteiger partial charge in [-0.3, -0.25) is 9.78 Å². The minimum Gasteiger partial charge on any atom is -0.348 e. The number of amides is 1. The standard InChI is InChI=1S/C14H10ClF3N2O/c15-12-5-6-19-8-10(12)13(21)20-7-9-3-1-2-4-11(9)14(16,17)18/h1-6,8H,7H2,(H,20,21). The topological polar surface area (TPSA) is 42.0 Å². The van der Waals surface area contributed by atoms with Crippen LogP contribution >= 0.6 is 11.6 Å². The zero-order valence-electron chi connectivity index (χ0n) is 10.6. The molecule has 0 fully saturated rings. The first-order chi connectivity index (χ1) is 9.89. The first-order valence-electron chi connectivity index (χ1n) is 5.92. The molecule has 1 aromatic heterocycles. The molecule has 2 aromatic rings.